The largest absolute Gasteiger partial charge is 0.481 e. The van der Waals surface area contributed by atoms with Gasteiger partial charge in [-0.25, -0.2) is 4.79 Å². The van der Waals surface area contributed by atoms with E-state index in [0.29, 0.717) is 25.9 Å². The van der Waals surface area contributed by atoms with E-state index in [0.717, 1.165) is 36.6 Å². The average Bonchev–Trinajstić information content (AvgIpc) is 2.64. The number of hydrogen-bond donors (Lipinski definition) is 2. The Balaban J connectivity index is 1.48. The van der Waals surface area contributed by atoms with Gasteiger partial charge in [0.15, 0.2) is 0 Å². The summed E-state index contributed by atoms with van der Waals surface area (Å²) in [7, 11) is 0. The minimum Gasteiger partial charge on any atom is -0.481 e. The lowest BCUT2D eigenvalue weighted by atomic mass is 9.86. The topological polar surface area (TPSA) is 72.9 Å². The smallest absolute Gasteiger partial charge is 0.317 e. The zero-order valence-corrected chi connectivity index (χ0v) is 15.8. The quantitative estimate of drug-likeness (QED) is 0.846. The van der Waals surface area contributed by atoms with Gasteiger partial charge in [-0.1, -0.05) is 17.7 Å². The molecular weight excluding hydrogens is 354 g/mol. The van der Waals surface area contributed by atoms with E-state index in [9.17, 15) is 9.59 Å². The van der Waals surface area contributed by atoms with Crippen molar-refractivity contribution in [3.8, 4) is 0 Å². The number of nitrogens with zero attached hydrogens (tertiary/aromatic N) is 2. The molecule has 1 heterocycles. The SMILES string of the molecule is Cc1ccc(Cl)cc1N1CCN(C(=O)NC2CCC(C(=O)O)CC2)CC1. The molecule has 1 aliphatic heterocycles. The zero-order valence-electron chi connectivity index (χ0n) is 15.1. The van der Waals surface area contributed by atoms with Crippen LogP contribution in [0.15, 0.2) is 18.2 Å². The molecule has 26 heavy (non-hydrogen) atoms. The van der Waals surface area contributed by atoms with E-state index >= 15 is 0 Å². The van der Waals surface area contributed by atoms with E-state index < -0.39 is 5.97 Å². The number of rotatable bonds is 3. The normalized spacial score (nSPS) is 23.6. The van der Waals surface area contributed by atoms with Gasteiger partial charge in [0.2, 0.25) is 0 Å². The maximum Gasteiger partial charge on any atom is 0.317 e. The molecule has 0 unspecified atom stereocenters. The Kier molecular flexibility index (Phi) is 5.91. The molecule has 0 aromatic heterocycles. The van der Waals surface area contributed by atoms with E-state index in [-0.39, 0.29) is 18.0 Å². The molecule has 6 nitrogen and oxygen atoms in total. The van der Waals surface area contributed by atoms with Gasteiger partial charge in [0.25, 0.3) is 0 Å². The van der Waals surface area contributed by atoms with Crippen LogP contribution in [-0.2, 0) is 4.79 Å². The Labute approximate surface area is 159 Å². The number of urea groups is 1. The van der Waals surface area contributed by atoms with Crippen molar-refractivity contribution >= 4 is 29.3 Å². The van der Waals surface area contributed by atoms with Crippen molar-refractivity contribution in [2.24, 2.45) is 5.92 Å². The van der Waals surface area contributed by atoms with Crippen LogP contribution in [0, 0.1) is 12.8 Å². The Bertz CT molecular complexity index is 666. The van der Waals surface area contributed by atoms with Gasteiger partial charge >= 0.3 is 12.0 Å². The number of carboxylic acids is 1. The van der Waals surface area contributed by atoms with E-state index in [2.05, 4.69) is 17.1 Å². The highest BCUT2D eigenvalue weighted by atomic mass is 35.5. The number of piperazine rings is 1. The third-order valence-corrected chi connectivity index (χ3v) is 5.72. The first kappa shape index (κ1) is 18.8. The van der Waals surface area contributed by atoms with Crippen molar-refractivity contribution < 1.29 is 14.7 Å². The minimum atomic E-state index is -0.720. The van der Waals surface area contributed by atoms with Gasteiger partial charge in [-0.05, 0) is 50.3 Å². The molecule has 1 saturated heterocycles. The van der Waals surface area contributed by atoms with Crippen molar-refractivity contribution in [1.82, 2.24) is 10.2 Å². The number of carbonyl (C=O) groups excluding carboxylic acids is 1. The maximum absolute atomic E-state index is 12.5. The lowest BCUT2D eigenvalue weighted by Crippen LogP contribution is -2.54. The number of carbonyl (C=O) groups is 2. The van der Waals surface area contributed by atoms with Gasteiger partial charge in [-0.15, -0.1) is 0 Å². The molecule has 2 N–H and O–H groups in total. The van der Waals surface area contributed by atoms with Crippen LogP contribution in [0.4, 0.5) is 10.5 Å². The molecule has 2 amide bonds. The van der Waals surface area contributed by atoms with Crippen molar-refractivity contribution in [3.05, 3.63) is 28.8 Å². The number of aliphatic carboxylic acids is 1. The first-order valence-electron chi connectivity index (χ1n) is 9.23. The Morgan fingerprint density at radius 1 is 1.12 bits per heavy atom. The van der Waals surface area contributed by atoms with Crippen LogP contribution < -0.4 is 10.2 Å². The third-order valence-electron chi connectivity index (χ3n) is 5.48. The Morgan fingerprint density at radius 3 is 2.38 bits per heavy atom. The summed E-state index contributed by atoms with van der Waals surface area (Å²) in [5.74, 6) is -0.977. The van der Waals surface area contributed by atoms with Crippen LogP contribution in [-0.4, -0.2) is 54.2 Å². The highest BCUT2D eigenvalue weighted by Crippen LogP contribution is 2.26. The van der Waals surface area contributed by atoms with Crippen molar-refractivity contribution in [1.29, 1.82) is 0 Å². The van der Waals surface area contributed by atoms with Crippen LogP contribution in [0.5, 0.6) is 0 Å². The molecule has 1 aromatic carbocycles. The number of hydrogen-bond acceptors (Lipinski definition) is 3. The molecule has 7 heteroatoms. The van der Waals surface area contributed by atoms with E-state index in [1.807, 2.05) is 23.1 Å². The maximum atomic E-state index is 12.5. The predicted octanol–water partition coefficient (Wildman–Crippen LogP) is 3.12. The highest BCUT2D eigenvalue weighted by molar-refractivity contribution is 6.30. The van der Waals surface area contributed by atoms with Gasteiger partial charge in [-0.3, -0.25) is 4.79 Å². The second kappa shape index (κ2) is 8.16. The number of amides is 2. The second-order valence-electron chi connectivity index (χ2n) is 7.24. The average molecular weight is 380 g/mol. The standard InChI is InChI=1S/C19H26ClN3O3/c1-13-2-5-15(20)12-17(13)22-8-10-23(11-9-22)19(26)21-16-6-3-14(4-7-16)18(24)25/h2,5,12,14,16H,3-4,6-11H2,1H3,(H,21,26)(H,24,25). The molecule has 1 saturated carbocycles. The molecule has 142 valence electrons. The zero-order chi connectivity index (χ0) is 18.7. The van der Waals surface area contributed by atoms with Crippen LogP contribution in [0.25, 0.3) is 0 Å². The van der Waals surface area contributed by atoms with Crippen molar-refractivity contribution in [2.75, 3.05) is 31.1 Å². The lowest BCUT2D eigenvalue weighted by molar-refractivity contribution is -0.142. The molecule has 2 fully saturated rings. The first-order chi connectivity index (χ1) is 12.4. The Hall–Kier alpha value is -1.95. The van der Waals surface area contributed by atoms with Crippen LogP contribution in [0.3, 0.4) is 0 Å². The number of benzene rings is 1. The van der Waals surface area contributed by atoms with Gasteiger partial charge in [-0.2, -0.15) is 0 Å². The highest BCUT2D eigenvalue weighted by Gasteiger charge is 2.29. The third kappa shape index (κ3) is 4.41. The number of nitrogens with one attached hydrogen (secondary N) is 1. The summed E-state index contributed by atoms with van der Waals surface area (Å²) in [5.41, 5.74) is 2.31. The molecular formula is C19H26ClN3O3. The summed E-state index contributed by atoms with van der Waals surface area (Å²) in [6, 6.07) is 5.94. The fourth-order valence-corrected chi connectivity index (χ4v) is 3.99. The number of anilines is 1. The Morgan fingerprint density at radius 2 is 1.77 bits per heavy atom. The summed E-state index contributed by atoms with van der Waals surface area (Å²) in [6.07, 6.45) is 2.76. The van der Waals surface area contributed by atoms with Crippen LogP contribution in [0.1, 0.15) is 31.2 Å². The number of aryl methyl sites for hydroxylation is 1. The summed E-state index contributed by atoms with van der Waals surface area (Å²) < 4.78 is 0. The first-order valence-corrected chi connectivity index (χ1v) is 9.61. The lowest BCUT2D eigenvalue weighted by Gasteiger charge is -2.38. The molecule has 2 aliphatic rings. The van der Waals surface area contributed by atoms with Gasteiger partial charge in [0.1, 0.15) is 0 Å². The molecule has 1 aliphatic carbocycles. The molecule has 1 aromatic rings. The van der Waals surface area contributed by atoms with E-state index in [1.54, 1.807) is 0 Å². The molecule has 0 spiro atoms. The molecule has 0 radical (unpaired) electrons. The van der Waals surface area contributed by atoms with Gasteiger partial charge < -0.3 is 20.2 Å². The van der Waals surface area contributed by atoms with E-state index in [4.69, 9.17) is 16.7 Å². The summed E-state index contributed by atoms with van der Waals surface area (Å²) >= 11 is 6.12. The van der Waals surface area contributed by atoms with Crippen molar-refractivity contribution in [2.45, 2.75) is 38.6 Å². The fraction of sp³-hybridized carbons (Fsp3) is 0.579. The number of halogens is 1. The second-order valence-corrected chi connectivity index (χ2v) is 7.68. The molecule has 0 bridgehead atoms. The fourth-order valence-electron chi connectivity index (χ4n) is 3.82. The summed E-state index contributed by atoms with van der Waals surface area (Å²) in [5, 5.41) is 12.9. The summed E-state index contributed by atoms with van der Waals surface area (Å²) in [6.45, 7) is 4.96. The van der Waals surface area contributed by atoms with Gasteiger partial charge in [0, 0.05) is 42.9 Å². The molecule has 3 rings (SSSR count). The van der Waals surface area contributed by atoms with Crippen molar-refractivity contribution in [3.63, 3.8) is 0 Å². The van der Waals surface area contributed by atoms with Crippen LogP contribution >= 0.6 is 11.6 Å². The van der Waals surface area contributed by atoms with E-state index in [1.165, 1.54) is 5.56 Å². The monoisotopic (exact) mass is 379 g/mol. The van der Waals surface area contributed by atoms with Gasteiger partial charge in [0.05, 0.1) is 5.92 Å². The molecule has 0 atom stereocenters. The predicted molar refractivity (Wildman–Crippen MR) is 102 cm³/mol. The van der Waals surface area contributed by atoms with Crippen LogP contribution in [0.2, 0.25) is 5.02 Å². The summed E-state index contributed by atoms with van der Waals surface area (Å²) in [4.78, 5) is 27.6. The minimum absolute atomic E-state index is 0.0359. The number of carboxylic acid groups (broad SMARTS) is 1.